The molecule has 4 nitrogen and oxygen atoms in total. The van der Waals surface area contributed by atoms with Gasteiger partial charge in [0.15, 0.2) is 0 Å². The standard InChI is InChI=1S/C19H16Cl2F2N2O2/c1-2-25(11-17(26)24-19-15(22)4-3-5-16(19)23)18(27)9-7-12-6-8-13(20)14(21)10-12/h3-10H,2,11H2,1H3,(H,24,26)/b9-7+. The summed E-state index contributed by atoms with van der Waals surface area (Å²) >= 11 is 11.7. The Morgan fingerprint density at radius 2 is 1.78 bits per heavy atom. The van der Waals surface area contributed by atoms with E-state index in [-0.39, 0.29) is 13.1 Å². The molecule has 2 aromatic carbocycles. The zero-order valence-corrected chi connectivity index (χ0v) is 15.8. The fraction of sp³-hybridized carbons (Fsp3) is 0.158. The monoisotopic (exact) mass is 412 g/mol. The maximum Gasteiger partial charge on any atom is 0.247 e. The first-order valence-corrected chi connectivity index (χ1v) is 8.73. The van der Waals surface area contributed by atoms with Crippen LogP contribution in [0.4, 0.5) is 14.5 Å². The minimum Gasteiger partial charge on any atom is -0.330 e. The second-order valence-electron chi connectivity index (χ2n) is 5.50. The minimum atomic E-state index is -0.891. The summed E-state index contributed by atoms with van der Waals surface area (Å²) in [5, 5.41) is 2.89. The molecule has 0 aliphatic carbocycles. The summed E-state index contributed by atoms with van der Waals surface area (Å²) in [5.41, 5.74) is 0.115. The Kier molecular flexibility index (Phi) is 7.33. The van der Waals surface area contributed by atoms with Crippen molar-refractivity contribution in [3.8, 4) is 0 Å². The molecule has 8 heteroatoms. The number of carbonyl (C=O) groups excluding carboxylic acids is 2. The van der Waals surface area contributed by atoms with Crippen LogP contribution in [0.15, 0.2) is 42.5 Å². The molecular formula is C19H16Cl2F2N2O2. The van der Waals surface area contributed by atoms with Crippen LogP contribution < -0.4 is 5.32 Å². The Labute approximate surface area is 165 Å². The van der Waals surface area contributed by atoms with Crippen molar-refractivity contribution in [1.82, 2.24) is 4.90 Å². The van der Waals surface area contributed by atoms with Crippen molar-refractivity contribution in [1.29, 1.82) is 0 Å². The molecule has 0 spiro atoms. The molecule has 0 aromatic heterocycles. The van der Waals surface area contributed by atoms with Crippen molar-refractivity contribution in [3.63, 3.8) is 0 Å². The molecule has 2 amide bonds. The van der Waals surface area contributed by atoms with Gasteiger partial charge in [-0.2, -0.15) is 0 Å². The largest absolute Gasteiger partial charge is 0.330 e. The van der Waals surface area contributed by atoms with E-state index in [1.54, 1.807) is 25.1 Å². The first kappa shape index (κ1) is 20.9. The highest BCUT2D eigenvalue weighted by Gasteiger charge is 2.16. The molecule has 1 N–H and O–H groups in total. The van der Waals surface area contributed by atoms with E-state index < -0.39 is 29.1 Å². The number of rotatable bonds is 6. The van der Waals surface area contributed by atoms with E-state index in [0.29, 0.717) is 15.6 Å². The minimum absolute atomic E-state index is 0.234. The highest BCUT2D eigenvalue weighted by Crippen LogP contribution is 2.23. The van der Waals surface area contributed by atoms with Crippen LogP contribution in [0.2, 0.25) is 10.0 Å². The fourth-order valence-corrected chi connectivity index (χ4v) is 2.51. The predicted molar refractivity (Wildman–Crippen MR) is 103 cm³/mol. The average molecular weight is 413 g/mol. The normalized spacial score (nSPS) is 10.9. The molecule has 27 heavy (non-hydrogen) atoms. The molecule has 2 aromatic rings. The van der Waals surface area contributed by atoms with Gasteiger partial charge in [0.2, 0.25) is 11.8 Å². The summed E-state index contributed by atoms with van der Waals surface area (Å²) < 4.78 is 27.2. The van der Waals surface area contributed by atoms with Gasteiger partial charge in [0.25, 0.3) is 0 Å². The van der Waals surface area contributed by atoms with Crippen molar-refractivity contribution < 1.29 is 18.4 Å². The van der Waals surface area contributed by atoms with Gasteiger partial charge in [0.05, 0.1) is 10.0 Å². The summed E-state index contributed by atoms with van der Waals surface area (Å²) in [5.74, 6) is -2.93. The van der Waals surface area contributed by atoms with Crippen LogP contribution in [0.1, 0.15) is 12.5 Å². The number of likely N-dealkylation sites (N-methyl/N-ethyl adjacent to an activating group) is 1. The van der Waals surface area contributed by atoms with Gasteiger partial charge < -0.3 is 10.2 Å². The zero-order valence-electron chi connectivity index (χ0n) is 14.3. The smallest absolute Gasteiger partial charge is 0.247 e. The van der Waals surface area contributed by atoms with E-state index in [4.69, 9.17) is 23.2 Å². The quantitative estimate of drug-likeness (QED) is 0.694. The SMILES string of the molecule is CCN(CC(=O)Nc1c(F)cccc1F)C(=O)/C=C/c1ccc(Cl)c(Cl)c1. The Bertz CT molecular complexity index is 868. The van der Waals surface area contributed by atoms with Gasteiger partial charge in [0, 0.05) is 12.6 Å². The lowest BCUT2D eigenvalue weighted by molar-refractivity contribution is -0.130. The van der Waals surface area contributed by atoms with Crippen LogP contribution in [0.3, 0.4) is 0 Å². The van der Waals surface area contributed by atoms with Crippen molar-refractivity contribution >= 4 is 46.8 Å². The van der Waals surface area contributed by atoms with E-state index >= 15 is 0 Å². The van der Waals surface area contributed by atoms with Crippen molar-refractivity contribution in [2.45, 2.75) is 6.92 Å². The highest BCUT2D eigenvalue weighted by atomic mass is 35.5. The van der Waals surface area contributed by atoms with Crippen LogP contribution in [0, 0.1) is 11.6 Å². The predicted octanol–water partition coefficient (Wildman–Crippen LogP) is 4.77. The van der Waals surface area contributed by atoms with Crippen molar-refractivity contribution in [2.24, 2.45) is 0 Å². The Morgan fingerprint density at radius 1 is 1.11 bits per heavy atom. The molecule has 2 rings (SSSR count). The Balaban J connectivity index is 2.02. The highest BCUT2D eigenvalue weighted by molar-refractivity contribution is 6.42. The number of hydrogen-bond donors (Lipinski definition) is 1. The van der Waals surface area contributed by atoms with E-state index in [1.807, 2.05) is 0 Å². The van der Waals surface area contributed by atoms with Gasteiger partial charge in [-0.05, 0) is 42.8 Å². The summed E-state index contributed by atoms with van der Waals surface area (Å²) in [6.07, 6.45) is 2.81. The summed E-state index contributed by atoms with van der Waals surface area (Å²) in [6.45, 7) is 1.56. The van der Waals surface area contributed by atoms with Gasteiger partial charge in [-0.1, -0.05) is 35.3 Å². The van der Waals surface area contributed by atoms with E-state index in [2.05, 4.69) is 5.32 Å². The molecule has 0 fully saturated rings. The number of hydrogen-bond acceptors (Lipinski definition) is 2. The molecule has 0 aliphatic heterocycles. The molecule has 0 saturated heterocycles. The topological polar surface area (TPSA) is 49.4 Å². The van der Waals surface area contributed by atoms with Gasteiger partial charge in [-0.25, -0.2) is 8.78 Å². The lowest BCUT2D eigenvalue weighted by atomic mass is 10.2. The van der Waals surface area contributed by atoms with Crippen LogP contribution in [0.5, 0.6) is 0 Å². The van der Waals surface area contributed by atoms with E-state index in [1.165, 1.54) is 23.1 Å². The van der Waals surface area contributed by atoms with Gasteiger partial charge >= 0.3 is 0 Å². The Hall–Kier alpha value is -2.44. The number of halogens is 4. The summed E-state index contributed by atoms with van der Waals surface area (Å²) in [7, 11) is 0. The molecule has 142 valence electrons. The lowest BCUT2D eigenvalue weighted by Crippen LogP contribution is -2.37. The van der Waals surface area contributed by atoms with Crippen molar-refractivity contribution in [2.75, 3.05) is 18.4 Å². The van der Waals surface area contributed by atoms with Crippen LogP contribution in [0.25, 0.3) is 6.08 Å². The number of carbonyl (C=O) groups is 2. The maximum atomic E-state index is 13.6. The number of para-hydroxylation sites is 1. The first-order chi connectivity index (χ1) is 12.8. The summed E-state index contributed by atoms with van der Waals surface area (Å²) in [6, 6.07) is 8.13. The molecule has 0 saturated carbocycles. The summed E-state index contributed by atoms with van der Waals surface area (Å²) in [4.78, 5) is 25.5. The molecule has 0 atom stereocenters. The average Bonchev–Trinajstić information content (AvgIpc) is 2.63. The molecule has 0 heterocycles. The van der Waals surface area contributed by atoms with E-state index in [9.17, 15) is 18.4 Å². The third kappa shape index (κ3) is 5.77. The molecule has 0 unspecified atom stereocenters. The third-order valence-corrected chi connectivity index (χ3v) is 4.36. The van der Waals surface area contributed by atoms with Crippen LogP contribution in [-0.4, -0.2) is 29.8 Å². The first-order valence-electron chi connectivity index (χ1n) is 7.97. The van der Waals surface area contributed by atoms with Gasteiger partial charge in [0.1, 0.15) is 23.9 Å². The molecule has 0 radical (unpaired) electrons. The van der Waals surface area contributed by atoms with Gasteiger partial charge in [-0.3, -0.25) is 9.59 Å². The number of benzene rings is 2. The second-order valence-corrected chi connectivity index (χ2v) is 6.32. The number of nitrogens with one attached hydrogen (secondary N) is 1. The van der Waals surface area contributed by atoms with E-state index in [0.717, 1.165) is 12.1 Å². The van der Waals surface area contributed by atoms with Crippen molar-refractivity contribution in [3.05, 3.63) is 69.7 Å². The zero-order chi connectivity index (χ0) is 20.0. The van der Waals surface area contributed by atoms with Gasteiger partial charge in [-0.15, -0.1) is 0 Å². The maximum absolute atomic E-state index is 13.6. The number of nitrogens with zero attached hydrogens (tertiary/aromatic N) is 1. The number of anilines is 1. The lowest BCUT2D eigenvalue weighted by Gasteiger charge is -2.19. The molecule has 0 aliphatic rings. The second kappa shape index (κ2) is 9.48. The molecular weight excluding hydrogens is 397 g/mol. The fourth-order valence-electron chi connectivity index (χ4n) is 2.20. The number of amides is 2. The van der Waals surface area contributed by atoms with Crippen LogP contribution >= 0.6 is 23.2 Å². The van der Waals surface area contributed by atoms with Crippen LogP contribution in [-0.2, 0) is 9.59 Å². The third-order valence-electron chi connectivity index (χ3n) is 3.62. The Morgan fingerprint density at radius 3 is 2.37 bits per heavy atom. The molecule has 0 bridgehead atoms.